The Morgan fingerprint density at radius 2 is 1.62 bits per heavy atom. The first kappa shape index (κ1) is 18.5. The highest BCUT2D eigenvalue weighted by Gasteiger charge is 2.26. The van der Waals surface area contributed by atoms with E-state index in [-0.39, 0.29) is 5.91 Å². The van der Waals surface area contributed by atoms with Crippen LogP contribution in [-0.4, -0.2) is 37.2 Å². The van der Waals surface area contributed by atoms with Crippen LogP contribution in [0, 0.1) is 0 Å². The summed E-state index contributed by atoms with van der Waals surface area (Å²) < 4.78 is 16.3. The van der Waals surface area contributed by atoms with Crippen LogP contribution in [0.4, 0.5) is 5.82 Å². The number of benzene rings is 1. The van der Waals surface area contributed by atoms with Crippen LogP contribution in [0.3, 0.4) is 0 Å². The molecule has 0 radical (unpaired) electrons. The first-order chi connectivity index (χ1) is 14.1. The molecule has 0 atom stereocenters. The molecule has 2 aromatic heterocycles. The van der Waals surface area contributed by atoms with Crippen molar-refractivity contribution < 1.29 is 19.0 Å². The molecular weight excluding hydrogens is 370 g/mol. The van der Waals surface area contributed by atoms with Crippen molar-refractivity contribution >= 4 is 23.4 Å². The van der Waals surface area contributed by atoms with E-state index in [4.69, 9.17) is 14.2 Å². The average molecular weight is 389 g/mol. The summed E-state index contributed by atoms with van der Waals surface area (Å²) in [5.41, 5.74) is 3.82. The van der Waals surface area contributed by atoms with E-state index in [0.29, 0.717) is 28.6 Å². The number of nitrogens with one attached hydrogen (secondary N) is 1. The zero-order chi connectivity index (χ0) is 20.4. The fourth-order valence-electron chi connectivity index (χ4n) is 3.24. The van der Waals surface area contributed by atoms with Crippen LogP contribution in [0.15, 0.2) is 48.9 Å². The lowest BCUT2D eigenvalue weighted by Crippen LogP contribution is -2.04. The van der Waals surface area contributed by atoms with E-state index in [1.807, 2.05) is 36.4 Å². The molecule has 7 heteroatoms. The molecular formula is C22H19N3O4. The minimum atomic E-state index is -0.189. The van der Waals surface area contributed by atoms with Crippen LogP contribution in [0.2, 0.25) is 0 Å². The van der Waals surface area contributed by atoms with E-state index < -0.39 is 0 Å². The summed E-state index contributed by atoms with van der Waals surface area (Å²) in [7, 11) is 4.70. The number of rotatable bonds is 5. The second-order valence-corrected chi connectivity index (χ2v) is 6.33. The number of pyridine rings is 2. The van der Waals surface area contributed by atoms with E-state index in [9.17, 15) is 4.79 Å². The summed E-state index contributed by atoms with van der Waals surface area (Å²) >= 11 is 0. The molecule has 3 heterocycles. The average Bonchev–Trinajstić information content (AvgIpc) is 3.07. The number of aromatic nitrogens is 2. The molecule has 29 heavy (non-hydrogen) atoms. The van der Waals surface area contributed by atoms with Crippen LogP contribution in [-0.2, 0) is 4.79 Å². The maximum atomic E-state index is 12.5. The van der Waals surface area contributed by atoms with Crippen molar-refractivity contribution in [3.8, 4) is 28.4 Å². The quantitative estimate of drug-likeness (QED) is 0.671. The van der Waals surface area contributed by atoms with Gasteiger partial charge in [0.25, 0.3) is 5.91 Å². The Labute approximate surface area is 168 Å². The lowest BCUT2D eigenvalue weighted by molar-refractivity contribution is -0.110. The van der Waals surface area contributed by atoms with Gasteiger partial charge >= 0.3 is 0 Å². The third-order valence-corrected chi connectivity index (χ3v) is 4.67. The minimum Gasteiger partial charge on any atom is -0.493 e. The van der Waals surface area contributed by atoms with Gasteiger partial charge in [-0.15, -0.1) is 0 Å². The lowest BCUT2D eigenvalue weighted by Gasteiger charge is -2.14. The van der Waals surface area contributed by atoms with Gasteiger partial charge in [0.05, 0.1) is 26.9 Å². The molecule has 1 N–H and O–H groups in total. The number of carbonyl (C=O) groups is 1. The molecule has 0 unspecified atom stereocenters. The highest BCUT2D eigenvalue weighted by molar-refractivity contribution is 6.34. The first-order valence-corrected chi connectivity index (χ1v) is 8.88. The number of hydrogen-bond acceptors (Lipinski definition) is 6. The Hall–Kier alpha value is -3.87. The van der Waals surface area contributed by atoms with Crippen molar-refractivity contribution in [3.05, 3.63) is 60.0 Å². The van der Waals surface area contributed by atoms with Crippen LogP contribution in [0.1, 0.15) is 11.1 Å². The molecule has 4 rings (SSSR count). The fourth-order valence-corrected chi connectivity index (χ4v) is 3.24. The van der Waals surface area contributed by atoms with E-state index in [1.165, 1.54) is 0 Å². The molecule has 1 aliphatic heterocycles. The summed E-state index contributed by atoms with van der Waals surface area (Å²) in [5, 5.41) is 2.81. The van der Waals surface area contributed by atoms with Gasteiger partial charge in [-0.25, -0.2) is 4.98 Å². The van der Waals surface area contributed by atoms with Gasteiger partial charge in [0.15, 0.2) is 11.5 Å². The van der Waals surface area contributed by atoms with Gasteiger partial charge in [-0.1, -0.05) is 0 Å². The minimum absolute atomic E-state index is 0.189. The molecule has 1 amide bonds. The topological polar surface area (TPSA) is 82.6 Å². The maximum absolute atomic E-state index is 12.5. The van der Waals surface area contributed by atoms with Gasteiger partial charge in [0, 0.05) is 29.7 Å². The molecule has 0 saturated heterocycles. The number of amides is 1. The van der Waals surface area contributed by atoms with E-state index >= 15 is 0 Å². The molecule has 1 aromatic carbocycles. The number of methoxy groups -OCH3 is 3. The predicted molar refractivity (Wildman–Crippen MR) is 110 cm³/mol. The SMILES string of the molecule is COc1cc(-c2cnc3c(c2)/C(=C\c2ccncc2)C(=O)N3)cc(OC)c1OC. The number of anilines is 1. The second-order valence-electron chi connectivity index (χ2n) is 6.33. The van der Waals surface area contributed by atoms with Gasteiger partial charge in [-0.2, -0.15) is 0 Å². The van der Waals surface area contributed by atoms with E-state index in [2.05, 4.69) is 15.3 Å². The molecule has 0 spiro atoms. The highest BCUT2D eigenvalue weighted by Crippen LogP contribution is 2.42. The molecule has 0 bridgehead atoms. The molecule has 3 aromatic rings. The van der Waals surface area contributed by atoms with Gasteiger partial charge in [-0.05, 0) is 47.5 Å². The van der Waals surface area contributed by atoms with E-state index in [1.54, 1.807) is 39.9 Å². The van der Waals surface area contributed by atoms with Gasteiger partial charge < -0.3 is 19.5 Å². The van der Waals surface area contributed by atoms with Crippen molar-refractivity contribution in [2.45, 2.75) is 0 Å². The van der Waals surface area contributed by atoms with Crippen molar-refractivity contribution in [1.29, 1.82) is 0 Å². The van der Waals surface area contributed by atoms with Gasteiger partial charge in [0.2, 0.25) is 5.75 Å². The van der Waals surface area contributed by atoms with Crippen LogP contribution < -0.4 is 19.5 Å². The van der Waals surface area contributed by atoms with Crippen LogP contribution in [0.5, 0.6) is 17.2 Å². The Kier molecular flexibility index (Phi) is 4.87. The molecule has 146 valence electrons. The Balaban J connectivity index is 1.82. The van der Waals surface area contributed by atoms with Crippen molar-refractivity contribution in [2.24, 2.45) is 0 Å². The zero-order valence-electron chi connectivity index (χ0n) is 16.2. The van der Waals surface area contributed by atoms with Crippen molar-refractivity contribution in [3.63, 3.8) is 0 Å². The number of carbonyl (C=O) groups excluding carboxylic acids is 1. The molecule has 7 nitrogen and oxygen atoms in total. The third kappa shape index (κ3) is 3.38. The molecule has 0 saturated carbocycles. The molecule has 0 aliphatic carbocycles. The summed E-state index contributed by atoms with van der Waals surface area (Å²) in [6.45, 7) is 0. The fraction of sp³-hybridized carbons (Fsp3) is 0.136. The Bertz CT molecular complexity index is 1090. The van der Waals surface area contributed by atoms with Crippen LogP contribution in [0.25, 0.3) is 22.8 Å². The number of nitrogens with zero attached hydrogens (tertiary/aromatic N) is 2. The predicted octanol–water partition coefficient (Wildman–Crippen LogP) is 3.66. The normalized spacial score (nSPS) is 13.8. The largest absolute Gasteiger partial charge is 0.493 e. The van der Waals surface area contributed by atoms with E-state index in [0.717, 1.165) is 22.3 Å². The summed E-state index contributed by atoms with van der Waals surface area (Å²) in [4.78, 5) is 20.9. The first-order valence-electron chi connectivity index (χ1n) is 8.88. The highest BCUT2D eigenvalue weighted by atomic mass is 16.5. The van der Waals surface area contributed by atoms with Crippen molar-refractivity contribution in [2.75, 3.05) is 26.6 Å². The molecule has 1 aliphatic rings. The second kappa shape index (κ2) is 7.63. The zero-order valence-corrected chi connectivity index (χ0v) is 16.2. The van der Waals surface area contributed by atoms with Gasteiger partial charge in [-0.3, -0.25) is 9.78 Å². The van der Waals surface area contributed by atoms with Gasteiger partial charge in [0.1, 0.15) is 5.82 Å². The number of fused-ring (bicyclic) bond motifs is 1. The maximum Gasteiger partial charge on any atom is 0.257 e. The van der Waals surface area contributed by atoms with Crippen LogP contribution >= 0.6 is 0 Å². The lowest BCUT2D eigenvalue weighted by atomic mass is 10.0. The molecule has 0 fully saturated rings. The Morgan fingerprint density at radius 1 is 0.931 bits per heavy atom. The smallest absolute Gasteiger partial charge is 0.257 e. The standard InChI is InChI=1S/C22H19N3O4/c1-27-18-10-14(11-19(28-2)20(18)29-3)15-9-16-17(8-13-4-6-23-7-5-13)22(26)25-21(16)24-12-15/h4-12H,1-3H3,(H,24,25,26)/b17-8+. The monoisotopic (exact) mass is 389 g/mol. The summed E-state index contributed by atoms with van der Waals surface area (Å²) in [5.74, 6) is 1.95. The third-order valence-electron chi connectivity index (χ3n) is 4.67. The number of hydrogen-bond donors (Lipinski definition) is 1. The van der Waals surface area contributed by atoms with Crippen molar-refractivity contribution in [1.82, 2.24) is 9.97 Å². The Morgan fingerprint density at radius 3 is 2.24 bits per heavy atom. The number of ether oxygens (including phenoxy) is 3. The summed E-state index contributed by atoms with van der Waals surface area (Å²) in [6.07, 6.45) is 6.90. The summed E-state index contributed by atoms with van der Waals surface area (Å²) in [6, 6.07) is 9.31.